The van der Waals surface area contributed by atoms with E-state index in [-0.39, 0.29) is 12.5 Å². The fourth-order valence-electron chi connectivity index (χ4n) is 2.89. The van der Waals surface area contributed by atoms with Crippen molar-refractivity contribution in [3.05, 3.63) is 94.0 Å². The van der Waals surface area contributed by atoms with Crippen LogP contribution in [0.1, 0.15) is 46.0 Å². The van der Waals surface area contributed by atoms with Crippen molar-refractivity contribution >= 4 is 39.9 Å². The molecule has 3 rings (SSSR count). The van der Waals surface area contributed by atoms with Gasteiger partial charge in [0.2, 0.25) is 0 Å². The molecular weight excluding hydrogens is 526 g/mol. The topological polar surface area (TPSA) is 106 Å². The number of hydrogen-bond acceptors (Lipinski definition) is 6. The molecule has 186 valence electrons. The number of benzene rings is 3. The Hall–Kier alpha value is -3.98. The lowest BCUT2D eigenvalue weighted by molar-refractivity contribution is -0.120. The van der Waals surface area contributed by atoms with Crippen LogP contribution in [0.25, 0.3) is 0 Å². The highest BCUT2D eigenvalue weighted by molar-refractivity contribution is 9.10. The molecule has 0 radical (unpaired) electrons. The molecule has 0 unspecified atom stereocenters. The van der Waals surface area contributed by atoms with Crippen molar-refractivity contribution in [2.75, 3.05) is 13.2 Å². The van der Waals surface area contributed by atoms with E-state index in [1.165, 1.54) is 6.21 Å². The van der Waals surface area contributed by atoms with E-state index in [4.69, 9.17) is 9.47 Å². The monoisotopic (exact) mass is 551 g/mol. The van der Waals surface area contributed by atoms with E-state index in [1.54, 1.807) is 72.8 Å². The van der Waals surface area contributed by atoms with E-state index in [9.17, 15) is 14.4 Å². The quantitative estimate of drug-likeness (QED) is 0.118. The zero-order valence-electron chi connectivity index (χ0n) is 19.7. The number of rotatable bonds is 11. The lowest BCUT2D eigenvalue weighted by Gasteiger charge is -2.07. The third-order valence-electron chi connectivity index (χ3n) is 4.87. The maximum Gasteiger partial charge on any atom is 0.343 e. The second kappa shape index (κ2) is 13.8. The molecule has 0 saturated heterocycles. The van der Waals surface area contributed by atoms with Gasteiger partial charge < -0.3 is 14.8 Å². The van der Waals surface area contributed by atoms with Gasteiger partial charge in [0.15, 0.2) is 0 Å². The van der Waals surface area contributed by atoms with Gasteiger partial charge in [-0.1, -0.05) is 29.3 Å². The summed E-state index contributed by atoms with van der Waals surface area (Å²) in [6.45, 7) is 2.49. The highest BCUT2D eigenvalue weighted by Crippen LogP contribution is 2.16. The van der Waals surface area contributed by atoms with Gasteiger partial charge in [0.1, 0.15) is 11.5 Å². The Morgan fingerprint density at radius 3 is 2.19 bits per heavy atom. The van der Waals surface area contributed by atoms with Gasteiger partial charge in [-0.2, -0.15) is 5.10 Å². The van der Waals surface area contributed by atoms with Crippen LogP contribution in [0.5, 0.6) is 11.5 Å². The number of hydrogen-bond donors (Lipinski definition) is 2. The molecule has 36 heavy (non-hydrogen) atoms. The van der Waals surface area contributed by atoms with E-state index in [0.717, 1.165) is 17.3 Å². The maximum atomic E-state index is 12.2. The van der Waals surface area contributed by atoms with Gasteiger partial charge in [0, 0.05) is 10.0 Å². The third kappa shape index (κ3) is 8.66. The molecule has 3 aromatic carbocycles. The van der Waals surface area contributed by atoms with Crippen molar-refractivity contribution in [1.82, 2.24) is 10.7 Å². The summed E-state index contributed by atoms with van der Waals surface area (Å²) < 4.78 is 11.8. The third-order valence-corrected chi connectivity index (χ3v) is 5.39. The van der Waals surface area contributed by atoms with Crippen LogP contribution in [0.2, 0.25) is 0 Å². The fraction of sp³-hybridized carbons (Fsp3) is 0.185. The van der Waals surface area contributed by atoms with E-state index < -0.39 is 11.9 Å². The average Bonchev–Trinajstić information content (AvgIpc) is 2.89. The first-order valence-corrected chi connectivity index (χ1v) is 12.1. The number of hydrazone groups is 1. The molecular formula is C27H26BrN3O5. The van der Waals surface area contributed by atoms with Gasteiger partial charge >= 0.3 is 5.97 Å². The highest BCUT2D eigenvalue weighted by atomic mass is 79.9. The number of carbonyl (C=O) groups is 3. The van der Waals surface area contributed by atoms with E-state index >= 15 is 0 Å². The summed E-state index contributed by atoms with van der Waals surface area (Å²) in [5, 5.41) is 6.43. The lowest BCUT2D eigenvalue weighted by atomic mass is 10.2. The van der Waals surface area contributed by atoms with Crippen LogP contribution in [0.15, 0.2) is 82.4 Å². The largest absolute Gasteiger partial charge is 0.494 e. The number of ether oxygens (including phenoxy) is 2. The van der Waals surface area contributed by atoms with Crippen molar-refractivity contribution in [3.8, 4) is 11.5 Å². The van der Waals surface area contributed by atoms with E-state index in [0.29, 0.717) is 34.8 Å². The second-order valence-corrected chi connectivity index (χ2v) is 8.58. The number of unbranched alkanes of at least 4 members (excludes halogenated alkanes) is 1. The summed E-state index contributed by atoms with van der Waals surface area (Å²) in [5.41, 5.74) is 3.90. The van der Waals surface area contributed by atoms with Gasteiger partial charge in [-0.05, 0) is 84.8 Å². The van der Waals surface area contributed by atoms with Crippen LogP contribution in [0.4, 0.5) is 0 Å². The molecule has 0 spiro atoms. The van der Waals surface area contributed by atoms with Gasteiger partial charge in [0.25, 0.3) is 11.8 Å². The van der Waals surface area contributed by atoms with Crippen molar-refractivity contribution < 1.29 is 23.9 Å². The Bertz CT molecular complexity index is 1190. The van der Waals surface area contributed by atoms with Crippen LogP contribution >= 0.6 is 15.9 Å². The van der Waals surface area contributed by atoms with E-state index in [1.807, 2.05) is 0 Å². The average molecular weight is 552 g/mol. The molecule has 2 N–H and O–H groups in total. The van der Waals surface area contributed by atoms with Crippen molar-refractivity contribution in [1.29, 1.82) is 0 Å². The van der Waals surface area contributed by atoms with Crippen molar-refractivity contribution in [2.45, 2.75) is 19.8 Å². The molecule has 0 bridgehead atoms. The predicted molar refractivity (Wildman–Crippen MR) is 140 cm³/mol. The minimum absolute atomic E-state index is 0.226. The van der Waals surface area contributed by atoms with E-state index in [2.05, 4.69) is 38.7 Å². The molecule has 0 saturated carbocycles. The smallest absolute Gasteiger partial charge is 0.343 e. The molecule has 0 heterocycles. The Labute approximate surface area is 217 Å². The fourth-order valence-corrected chi connectivity index (χ4v) is 3.16. The molecule has 0 fully saturated rings. The standard InChI is InChI=1S/C27H26BrN3O5/c1-2-3-16-35-23-14-8-20(9-15-23)26(33)29-18-25(32)31-30-17-19-4-12-24(13-5-19)36-27(34)21-6-10-22(28)11-7-21/h4-15,17H,2-3,16,18H2,1H3,(H,29,33)(H,31,32)/b30-17+. The van der Waals surface area contributed by atoms with Crippen molar-refractivity contribution in [2.24, 2.45) is 5.10 Å². The first-order valence-electron chi connectivity index (χ1n) is 11.4. The summed E-state index contributed by atoms with van der Waals surface area (Å²) in [5.74, 6) is -0.230. The molecule has 0 atom stereocenters. The molecule has 0 aliphatic heterocycles. The molecule has 9 heteroatoms. The normalized spacial score (nSPS) is 10.6. The van der Waals surface area contributed by atoms with Crippen molar-refractivity contribution in [3.63, 3.8) is 0 Å². The lowest BCUT2D eigenvalue weighted by Crippen LogP contribution is -2.34. The number of nitrogens with zero attached hydrogens (tertiary/aromatic N) is 1. The molecule has 0 aliphatic carbocycles. The number of esters is 1. The van der Waals surface area contributed by atoms with Crippen LogP contribution in [0, 0.1) is 0 Å². The summed E-state index contributed by atoms with van der Waals surface area (Å²) in [7, 11) is 0. The van der Waals surface area contributed by atoms with Gasteiger partial charge in [-0.15, -0.1) is 0 Å². The van der Waals surface area contributed by atoms with Gasteiger partial charge in [0.05, 0.1) is 24.9 Å². The first-order chi connectivity index (χ1) is 17.4. The molecule has 8 nitrogen and oxygen atoms in total. The minimum Gasteiger partial charge on any atom is -0.494 e. The summed E-state index contributed by atoms with van der Waals surface area (Å²) in [6.07, 6.45) is 3.45. The Morgan fingerprint density at radius 1 is 0.889 bits per heavy atom. The highest BCUT2D eigenvalue weighted by Gasteiger charge is 2.09. The maximum absolute atomic E-state index is 12.2. The predicted octanol–water partition coefficient (Wildman–Crippen LogP) is 4.73. The Morgan fingerprint density at radius 2 is 1.53 bits per heavy atom. The van der Waals surface area contributed by atoms with Crippen LogP contribution in [-0.2, 0) is 4.79 Å². The van der Waals surface area contributed by atoms with Gasteiger partial charge in [-0.25, -0.2) is 10.2 Å². The number of nitrogens with one attached hydrogen (secondary N) is 2. The molecule has 0 aliphatic rings. The SMILES string of the molecule is CCCCOc1ccc(C(=O)NCC(=O)N/N=C/c2ccc(OC(=O)c3ccc(Br)cc3)cc2)cc1. The summed E-state index contributed by atoms with van der Waals surface area (Å²) >= 11 is 3.32. The molecule has 2 amide bonds. The number of amides is 2. The molecule has 0 aromatic heterocycles. The number of carbonyl (C=O) groups excluding carboxylic acids is 3. The zero-order valence-corrected chi connectivity index (χ0v) is 21.3. The van der Waals surface area contributed by atoms with Gasteiger partial charge in [-0.3, -0.25) is 9.59 Å². The number of halogens is 1. The minimum atomic E-state index is -0.473. The Kier molecular flexibility index (Phi) is 10.2. The van der Waals surface area contributed by atoms with Crippen LogP contribution in [-0.4, -0.2) is 37.1 Å². The second-order valence-electron chi connectivity index (χ2n) is 7.67. The first kappa shape index (κ1) is 26.6. The molecule has 3 aromatic rings. The summed E-state index contributed by atoms with van der Waals surface area (Å²) in [4.78, 5) is 36.4. The van der Waals surface area contributed by atoms with Crippen LogP contribution in [0.3, 0.4) is 0 Å². The van der Waals surface area contributed by atoms with Crippen LogP contribution < -0.4 is 20.2 Å². The summed E-state index contributed by atoms with van der Waals surface area (Å²) in [6, 6.07) is 20.2. The zero-order chi connectivity index (χ0) is 25.8. The Balaban J connectivity index is 1.40.